The Hall–Kier alpha value is -3.21. The molecule has 0 aliphatic carbocycles. The number of carboxylic acid groups (broad SMARTS) is 3. The molecule has 9 N–H and O–H groups in total. The third-order valence-corrected chi connectivity index (χ3v) is 3.57. The maximum Gasteiger partial charge on any atom is 0.337 e. The van der Waals surface area contributed by atoms with Gasteiger partial charge in [-0.25, -0.2) is 14.4 Å². The van der Waals surface area contributed by atoms with Crippen molar-refractivity contribution in [3.63, 3.8) is 0 Å². The smallest absolute Gasteiger partial charge is 0.337 e. The van der Waals surface area contributed by atoms with Crippen LogP contribution in [0, 0.1) is 39.9 Å². The maximum atomic E-state index is 10.3. The van der Waals surface area contributed by atoms with E-state index in [-0.39, 0.29) is 56.6 Å². The van der Waals surface area contributed by atoms with E-state index in [0.29, 0.717) is 17.1 Å². The van der Waals surface area contributed by atoms with E-state index in [0.717, 1.165) is 0 Å². The van der Waals surface area contributed by atoms with Crippen LogP contribution in [0.15, 0.2) is 72.8 Å². The Labute approximate surface area is 210 Å². The van der Waals surface area contributed by atoms with E-state index in [1.807, 2.05) is 0 Å². The monoisotopic (exact) mass is 569 g/mol. The van der Waals surface area contributed by atoms with Crippen LogP contribution in [0.5, 0.6) is 0 Å². The predicted octanol–water partition coefficient (Wildman–Crippen LogP) is 2.90. The fourth-order valence-corrected chi connectivity index (χ4v) is 2.08. The first-order chi connectivity index (χ1) is 14.1. The number of carboxylic acids is 3. The Morgan fingerprint density at radius 3 is 0.806 bits per heavy atom. The number of hydrogen-bond donors (Lipinski definition) is 6. The van der Waals surface area contributed by atoms with Crippen molar-refractivity contribution in [3.8, 4) is 0 Å². The molecule has 3 rings (SSSR count). The summed E-state index contributed by atoms with van der Waals surface area (Å²) in [5, 5.41) is 25.5. The van der Waals surface area contributed by atoms with E-state index in [2.05, 4.69) is 0 Å². The van der Waals surface area contributed by atoms with Gasteiger partial charge < -0.3 is 32.5 Å². The average molecular weight is 569 g/mol. The Balaban J connectivity index is 0.000000429. The van der Waals surface area contributed by atoms with Crippen LogP contribution in [0.3, 0.4) is 0 Å². The average Bonchev–Trinajstić information content (AvgIpc) is 2.69. The molecule has 0 aliphatic rings. The van der Waals surface area contributed by atoms with Crippen molar-refractivity contribution in [1.82, 2.24) is 0 Å². The minimum absolute atomic E-state index is 0. The van der Waals surface area contributed by atoms with Crippen molar-refractivity contribution < 1.29 is 69.6 Å². The second-order valence-corrected chi connectivity index (χ2v) is 5.68. The molecule has 0 aromatic heterocycles. The molecule has 0 amide bonds. The maximum absolute atomic E-state index is 10.3. The van der Waals surface area contributed by atoms with Gasteiger partial charge in [-0.15, -0.1) is 0 Å². The van der Waals surface area contributed by atoms with Crippen LogP contribution >= 0.6 is 0 Å². The Kier molecular flexibility index (Phi) is 12.5. The summed E-state index contributed by atoms with van der Waals surface area (Å²) in [6, 6.07) is 19.1. The van der Waals surface area contributed by atoms with E-state index in [1.54, 1.807) is 54.6 Å². The zero-order valence-corrected chi connectivity index (χ0v) is 18.3. The zero-order chi connectivity index (χ0) is 22.7. The van der Waals surface area contributed by atoms with Crippen molar-refractivity contribution >= 4 is 35.0 Å². The minimum atomic E-state index is -0.988. The molecule has 3 aromatic carbocycles. The normalized spacial score (nSPS) is 8.90. The predicted molar refractivity (Wildman–Crippen MR) is 113 cm³/mol. The van der Waals surface area contributed by atoms with E-state index in [4.69, 9.17) is 32.5 Å². The van der Waals surface area contributed by atoms with Crippen LogP contribution in [-0.4, -0.2) is 33.2 Å². The Bertz CT molecular complexity index is 911. The van der Waals surface area contributed by atoms with E-state index < -0.39 is 17.9 Å². The molecule has 0 bridgehead atoms. The number of carbonyl (C=O) groups is 3. The Morgan fingerprint density at radius 1 is 0.484 bits per heavy atom. The second kappa shape index (κ2) is 13.9. The fourth-order valence-electron chi connectivity index (χ4n) is 2.08. The molecule has 0 fully saturated rings. The molecule has 0 aliphatic heterocycles. The molecule has 0 saturated heterocycles. The van der Waals surface area contributed by atoms with Crippen molar-refractivity contribution in [2.45, 2.75) is 0 Å². The standard InChI is InChI=1S/3C7H7NO2.Gd/c3*8-6-4-2-1-3-5(6)7(9)10;/h3*1-4H,8H2,(H,9,10);. The molecule has 9 nitrogen and oxygen atoms in total. The summed E-state index contributed by atoms with van der Waals surface area (Å²) in [6.45, 7) is 0. The van der Waals surface area contributed by atoms with Gasteiger partial charge in [0.15, 0.2) is 0 Å². The SMILES string of the molecule is Nc1ccccc1C(=O)O.Nc1ccccc1C(=O)O.Nc1ccccc1C(=O)O.[Gd]. The van der Waals surface area contributed by atoms with Gasteiger partial charge in [0.1, 0.15) is 0 Å². The number of anilines is 3. The van der Waals surface area contributed by atoms with Crippen molar-refractivity contribution in [1.29, 1.82) is 0 Å². The number of nitrogen functional groups attached to an aromatic ring is 3. The first-order valence-electron chi connectivity index (χ1n) is 8.38. The topological polar surface area (TPSA) is 190 Å². The minimum Gasteiger partial charge on any atom is -0.478 e. The van der Waals surface area contributed by atoms with Gasteiger partial charge in [0.25, 0.3) is 0 Å². The Morgan fingerprint density at radius 2 is 0.677 bits per heavy atom. The van der Waals surface area contributed by atoms with Gasteiger partial charge in [0.05, 0.1) is 16.7 Å². The number of aromatic carboxylic acids is 3. The van der Waals surface area contributed by atoms with Gasteiger partial charge >= 0.3 is 17.9 Å². The largest absolute Gasteiger partial charge is 0.478 e. The zero-order valence-electron chi connectivity index (χ0n) is 16.1. The summed E-state index contributed by atoms with van der Waals surface area (Å²) in [5.74, 6) is -2.96. The van der Waals surface area contributed by atoms with Crippen LogP contribution in [0.1, 0.15) is 31.1 Å². The number of para-hydroxylation sites is 3. The first-order valence-corrected chi connectivity index (χ1v) is 8.38. The van der Waals surface area contributed by atoms with Crippen LogP contribution in [-0.2, 0) is 0 Å². The second-order valence-electron chi connectivity index (χ2n) is 5.68. The summed E-state index contributed by atoms with van der Waals surface area (Å²) in [4.78, 5) is 31.0. The van der Waals surface area contributed by atoms with Gasteiger partial charge in [0, 0.05) is 57.0 Å². The van der Waals surface area contributed by atoms with Crippen LogP contribution in [0.25, 0.3) is 0 Å². The van der Waals surface area contributed by atoms with Crippen LogP contribution in [0.4, 0.5) is 17.1 Å². The quantitative estimate of drug-likeness (QED) is 0.258. The van der Waals surface area contributed by atoms with Crippen molar-refractivity contribution in [3.05, 3.63) is 89.5 Å². The summed E-state index contributed by atoms with van der Waals surface area (Å²) in [7, 11) is 0. The number of nitrogens with two attached hydrogens (primary N) is 3. The van der Waals surface area contributed by atoms with Crippen LogP contribution < -0.4 is 17.2 Å². The number of rotatable bonds is 3. The van der Waals surface area contributed by atoms with Gasteiger partial charge in [-0.2, -0.15) is 0 Å². The van der Waals surface area contributed by atoms with E-state index in [1.165, 1.54) is 18.2 Å². The van der Waals surface area contributed by atoms with Crippen LogP contribution in [0.2, 0.25) is 0 Å². The third-order valence-electron chi connectivity index (χ3n) is 3.57. The summed E-state index contributed by atoms with van der Waals surface area (Å²) < 4.78 is 0. The molecule has 0 atom stereocenters. The molecule has 3 aromatic rings. The fraction of sp³-hybridized carbons (Fsp3) is 0. The number of hydrogen-bond acceptors (Lipinski definition) is 6. The molecule has 0 unspecified atom stereocenters. The summed E-state index contributed by atoms with van der Waals surface area (Å²) in [6.07, 6.45) is 0. The summed E-state index contributed by atoms with van der Waals surface area (Å²) >= 11 is 0. The molecule has 164 valence electrons. The van der Waals surface area contributed by atoms with E-state index in [9.17, 15) is 14.4 Å². The van der Waals surface area contributed by atoms with Gasteiger partial charge in [-0.1, -0.05) is 36.4 Å². The van der Waals surface area contributed by atoms with Gasteiger partial charge in [-0.3, -0.25) is 0 Å². The third kappa shape index (κ3) is 9.43. The molecule has 0 spiro atoms. The molecule has 0 radical (unpaired) electrons. The van der Waals surface area contributed by atoms with Gasteiger partial charge in [0.2, 0.25) is 0 Å². The first kappa shape index (κ1) is 27.8. The number of benzene rings is 3. The molecule has 0 heterocycles. The van der Waals surface area contributed by atoms with E-state index >= 15 is 0 Å². The molecule has 31 heavy (non-hydrogen) atoms. The molecule has 10 heteroatoms. The molecule has 0 saturated carbocycles. The van der Waals surface area contributed by atoms with Crippen molar-refractivity contribution in [2.75, 3.05) is 17.2 Å². The summed E-state index contributed by atoms with van der Waals surface area (Å²) in [5.41, 5.74) is 17.4. The molecular formula is C21H21GdN3O6. The van der Waals surface area contributed by atoms with Crippen molar-refractivity contribution in [2.24, 2.45) is 0 Å². The molecular weight excluding hydrogens is 547 g/mol. The van der Waals surface area contributed by atoms with Gasteiger partial charge in [-0.05, 0) is 36.4 Å².